The SMILES string of the molecule is CCC(c1ccc(S(=O)(=O)N(C)C)cc1[N+](=O)[O-])C(C)N. The number of nitro benzene ring substituents is 1. The van der Waals surface area contributed by atoms with Crippen LogP contribution in [-0.2, 0) is 10.0 Å². The van der Waals surface area contributed by atoms with E-state index in [4.69, 9.17) is 5.73 Å². The van der Waals surface area contributed by atoms with Crippen molar-refractivity contribution < 1.29 is 13.3 Å². The van der Waals surface area contributed by atoms with E-state index in [1.165, 1.54) is 26.2 Å². The lowest BCUT2D eigenvalue weighted by atomic mass is 9.89. The molecule has 0 aliphatic heterocycles. The van der Waals surface area contributed by atoms with Crippen molar-refractivity contribution in [3.05, 3.63) is 33.9 Å². The Bertz CT molecular complexity index is 626. The van der Waals surface area contributed by atoms with Crippen molar-refractivity contribution in [3.63, 3.8) is 0 Å². The number of hydrogen-bond acceptors (Lipinski definition) is 5. The summed E-state index contributed by atoms with van der Waals surface area (Å²) in [4.78, 5) is 10.6. The number of nitrogens with two attached hydrogens (primary N) is 1. The zero-order valence-corrected chi connectivity index (χ0v) is 13.4. The third-order valence-electron chi connectivity index (χ3n) is 3.45. The molecular weight excluding hydrogens is 294 g/mol. The minimum Gasteiger partial charge on any atom is -0.327 e. The van der Waals surface area contributed by atoms with E-state index in [1.807, 2.05) is 6.92 Å². The summed E-state index contributed by atoms with van der Waals surface area (Å²) in [5.74, 6) is -0.193. The van der Waals surface area contributed by atoms with E-state index < -0.39 is 14.9 Å². The van der Waals surface area contributed by atoms with Gasteiger partial charge in [0.2, 0.25) is 10.0 Å². The van der Waals surface area contributed by atoms with Crippen LogP contribution in [-0.4, -0.2) is 37.8 Å². The molecule has 1 rings (SSSR count). The molecule has 0 bridgehead atoms. The summed E-state index contributed by atoms with van der Waals surface area (Å²) in [6, 6.07) is 3.73. The van der Waals surface area contributed by atoms with Gasteiger partial charge in [-0.3, -0.25) is 10.1 Å². The van der Waals surface area contributed by atoms with Crippen molar-refractivity contribution in [3.8, 4) is 0 Å². The van der Waals surface area contributed by atoms with Gasteiger partial charge in [0, 0.05) is 37.7 Å². The van der Waals surface area contributed by atoms with Crippen LogP contribution in [0.15, 0.2) is 23.1 Å². The van der Waals surface area contributed by atoms with Gasteiger partial charge in [-0.25, -0.2) is 12.7 Å². The van der Waals surface area contributed by atoms with Gasteiger partial charge in [-0.1, -0.05) is 13.0 Å². The molecule has 0 aromatic heterocycles. The lowest BCUT2D eigenvalue weighted by Crippen LogP contribution is -2.25. The average molecular weight is 315 g/mol. The van der Waals surface area contributed by atoms with Crippen molar-refractivity contribution in [2.45, 2.75) is 37.1 Å². The third kappa shape index (κ3) is 3.58. The van der Waals surface area contributed by atoms with Gasteiger partial charge in [-0.05, 0) is 19.4 Å². The maximum absolute atomic E-state index is 12.1. The van der Waals surface area contributed by atoms with Crippen LogP contribution in [0.4, 0.5) is 5.69 Å². The second-order valence-corrected chi connectivity index (χ2v) is 7.29. The molecule has 0 aliphatic rings. The molecule has 118 valence electrons. The normalized spacial score (nSPS) is 15.0. The Morgan fingerprint density at radius 1 is 1.38 bits per heavy atom. The molecule has 0 radical (unpaired) electrons. The molecule has 1 aromatic carbocycles. The summed E-state index contributed by atoms with van der Waals surface area (Å²) in [5.41, 5.74) is 6.13. The van der Waals surface area contributed by atoms with Crippen LogP contribution in [0.2, 0.25) is 0 Å². The summed E-state index contributed by atoms with van der Waals surface area (Å²) in [6.07, 6.45) is 0.637. The molecule has 21 heavy (non-hydrogen) atoms. The summed E-state index contributed by atoms with van der Waals surface area (Å²) in [5, 5.41) is 11.3. The maximum Gasteiger partial charge on any atom is 0.274 e. The van der Waals surface area contributed by atoms with E-state index in [2.05, 4.69) is 0 Å². The van der Waals surface area contributed by atoms with Crippen molar-refractivity contribution in [2.24, 2.45) is 5.73 Å². The van der Waals surface area contributed by atoms with E-state index >= 15 is 0 Å². The summed E-state index contributed by atoms with van der Waals surface area (Å²) >= 11 is 0. The summed E-state index contributed by atoms with van der Waals surface area (Å²) in [6.45, 7) is 3.67. The molecule has 0 spiro atoms. The fourth-order valence-corrected chi connectivity index (χ4v) is 3.16. The summed E-state index contributed by atoms with van der Waals surface area (Å²) < 4.78 is 25.2. The lowest BCUT2D eigenvalue weighted by Gasteiger charge is -2.20. The number of nitro groups is 1. The minimum absolute atomic E-state index is 0.0949. The van der Waals surface area contributed by atoms with Crippen LogP contribution < -0.4 is 5.73 Å². The van der Waals surface area contributed by atoms with Crippen molar-refractivity contribution in [1.82, 2.24) is 4.31 Å². The molecule has 0 heterocycles. The monoisotopic (exact) mass is 315 g/mol. The first-order valence-corrected chi connectivity index (χ1v) is 8.03. The fraction of sp³-hybridized carbons (Fsp3) is 0.538. The molecule has 2 atom stereocenters. The molecule has 2 N–H and O–H groups in total. The number of sulfonamides is 1. The molecule has 1 aromatic rings. The quantitative estimate of drug-likeness (QED) is 0.635. The van der Waals surface area contributed by atoms with Gasteiger partial charge in [-0.2, -0.15) is 0 Å². The van der Waals surface area contributed by atoms with Crippen LogP contribution >= 0.6 is 0 Å². The molecule has 0 amide bonds. The third-order valence-corrected chi connectivity index (χ3v) is 5.26. The van der Waals surface area contributed by atoms with Crippen LogP contribution in [0.1, 0.15) is 31.7 Å². The van der Waals surface area contributed by atoms with E-state index in [0.29, 0.717) is 12.0 Å². The Morgan fingerprint density at radius 3 is 2.33 bits per heavy atom. The second kappa shape index (κ2) is 6.50. The van der Waals surface area contributed by atoms with Crippen LogP contribution in [0.3, 0.4) is 0 Å². The highest BCUT2D eigenvalue weighted by molar-refractivity contribution is 7.89. The molecule has 7 nitrogen and oxygen atoms in total. The molecule has 0 aliphatic carbocycles. The minimum atomic E-state index is -3.70. The number of nitrogens with zero attached hydrogens (tertiary/aromatic N) is 2. The van der Waals surface area contributed by atoms with E-state index in [-0.39, 0.29) is 22.5 Å². The fourth-order valence-electron chi connectivity index (χ4n) is 2.24. The van der Waals surface area contributed by atoms with Crippen LogP contribution in [0.5, 0.6) is 0 Å². The molecule has 2 unspecified atom stereocenters. The van der Waals surface area contributed by atoms with E-state index in [0.717, 1.165) is 10.4 Å². The van der Waals surface area contributed by atoms with Gasteiger partial charge < -0.3 is 5.73 Å². The molecule has 0 saturated heterocycles. The molecule has 8 heteroatoms. The number of rotatable bonds is 6. The first-order chi connectivity index (χ1) is 9.62. The largest absolute Gasteiger partial charge is 0.327 e. The number of benzene rings is 1. The number of hydrogen-bond donors (Lipinski definition) is 1. The molecule has 0 saturated carbocycles. The first-order valence-electron chi connectivity index (χ1n) is 6.59. The van der Waals surface area contributed by atoms with Crippen LogP contribution in [0.25, 0.3) is 0 Å². The first kappa shape index (κ1) is 17.5. The van der Waals surface area contributed by atoms with E-state index in [1.54, 1.807) is 6.92 Å². The Balaban J connectivity index is 3.49. The second-order valence-electron chi connectivity index (χ2n) is 5.14. The van der Waals surface area contributed by atoms with Gasteiger partial charge in [0.1, 0.15) is 0 Å². The van der Waals surface area contributed by atoms with Gasteiger partial charge in [0.05, 0.1) is 9.82 Å². The lowest BCUT2D eigenvalue weighted by molar-refractivity contribution is -0.386. The van der Waals surface area contributed by atoms with Crippen molar-refractivity contribution >= 4 is 15.7 Å². The standard InChI is InChI=1S/C13H21N3O4S/c1-5-11(9(2)14)12-7-6-10(8-13(12)16(17)18)21(19,20)15(3)4/h6-9,11H,5,14H2,1-4H3. The average Bonchev–Trinajstić information content (AvgIpc) is 2.38. The predicted octanol–water partition coefficient (Wildman–Crippen LogP) is 1.69. The topological polar surface area (TPSA) is 107 Å². The van der Waals surface area contributed by atoms with Gasteiger partial charge in [0.15, 0.2) is 0 Å². The highest BCUT2D eigenvalue weighted by atomic mass is 32.2. The smallest absolute Gasteiger partial charge is 0.274 e. The van der Waals surface area contributed by atoms with Gasteiger partial charge in [0.25, 0.3) is 5.69 Å². The summed E-state index contributed by atoms with van der Waals surface area (Å²) in [7, 11) is -0.943. The Kier molecular flexibility index (Phi) is 5.43. The highest BCUT2D eigenvalue weighted by Crippen LogP contribution is 2.33. The Morgan fingerprint density at radius 2 is 1.95 bits per heavy atom. The highest BCUT2D eigenvalue weighted by Gasteiger charge is 2.27. The Labute approximate surface area is 124 Å². The maximum atomic E-state index is 12.1. The van der Waals surface area contributed by atoms with Crippen LogP contribution in [0, 0.1) is 10.1 Å². The predicted molar refractivity (Wildman–Crippen MR) is 80.7 cm³/mol. The zero-order valence-electron chi connectivity index (χ0n) is 12.6. The van der Waals surface area contributed by atoms with Crippen molar-refractivity contribution in [2.75, 3.05) is 14.1 Å². The van der Waals surface area contributed by atoms with Gasteiger partial charge in [-0.15, -0.1) is 0 Å². The van der Waals surface area contributed by atoms with Gasteiger partial charge >= 0.3 is 0 Å². The molecule has 0 fully saturated rings. The van der Waals surface area contributed by atoms with E-state index in [9.17, 15) is 18.5 Å². The zero-order chi connectivity index (χ0) is 16.4. The molecular formula is C13H21N3O4S. The Hall–Kier alpha value is -1.51. The van der Waals surface area contributed by atoms with Crippen molar-refractivity contribution in [1.29, 1.82) is 0 Å².